The van der Waals surface area contributed by atoms with Crippen LogP contribution in [-0.4, -0.2) is 39.2 Å². The molecule has 1 saturated heterocycles. The van der Waals surface area contributed by atoms with E-state index < -0.39 is 17.8 Å². The van der Waals surface area contributed by atoms with Gasteiger partial charge >= 0.3 is 17.8 Å². The smallest absolute Gasteiger partial charge is 0.334 e. The fraction of sp³-hybridized carbons (Fsp3) is 0.176. The van der Waals surface area contributed by atoms with E-state index in [2.05, 4.69) is 11.6 Å². The summed E-state index contributed by atoms with van der Waals surface area (Å²) in [5.74, 6) is -1.35. The maximum Gasteiger partial charge on any atom is 0.334 e. The molecular formula is C17H15N3O4. The molecule has 4 amide bonds. The Hall–Kier alpha value is -3.22. The quantitative estimate of drug-likeness (QED) is 0.478. The van der Waals surface area contributed by atoms with Crippen LogP contribution in [0.5, 0.6) is 0 Å². The maximum absolute atomic E-state index is 12.1. The molecule has 1 fully saturated rings. The standard InChI is InChI=1S/C17H15N3O4/c1-3-8-19-15(21)16(22)20(17(19)23)9-13-10-24-14(18-13)12-6-4-11(2)5-7-12/h3-7,10H,1,8-9H2,2H3. The van der Waals surface area contributed by atoms with Gasteiger partial charge in [-0.05, 0) is 19.1 Å². The van der Waals surface area contributed by atoms with Crippen molar-refractivity contribution in [1.29, 1.82) is 0 Å². The van der Waals surface area contributed by atoms with Crippen LogP contribution >= 0.6 is 0 Å². The number of rotatable bonds is 5. The number of benzene rings is 1. The summed E-state index contributed by atoms with van der Waals surface area (Å²) in [5.41, 5.74) is 2.29. The molecule has 7 heteroatoms. The molecule has 0 radical (unpaired) electrons. The molecule has 0 unspecified atom stereocenters. The molecule has 1 aliphatic heterocycles. The Balaban J connectivity index is 1.78. The zero-order valence-corrected chi connectivity index (χ0v) is 13.1. The lowest BCUT2D eigenvalue weighted by atomic mass is 10.1. The van der Waals surface area contributed by atoms with Crippen LogP contribution in [0.4, 0.5) is 4.79 Å². The molecule has 122 valence electrons. The van der Waals surface area contributed by atoms with Crippen molar-refractivity contribution in [2.75, 3.05) is 6.54 Å². The minimum atomic E-state index is -0.873. The van der Waals surface area contributed by atoms with Gasteiger partial charge in [-0.1, -0.05) is 23.8 Å². The Bertz CT molecular complexity index is 823. The van der Waals surface area contributed by atoms with Gasteiger partial charge < -0.3 is 4.42 Å². The van der Waals surface area contributed by atoms with Crippen molar-refractivity contribution < 1.29 is 18.8 Å². The average Bonchev–Trinajstić information content (AvgIpc) is 3.11. The van der Waals surface area contributed by atoms with Crippen molar-refractivity contribution in [3.8, 4) is 11.5 Å². The van der Waals surface area contributed by atoms with Crippen LogP contribution in [0.1, 0.15) is 11.3 Å². The summed E-state index contributed by atoms with van der Waals surface area (Å²) in [6.45, 7) is 5.32. The Morgan fingerprint density at radius 1 is 1.12 bits per heavy atom. The number of aromatic nitrogens is 1. The van der Waals surface area contributed by atoms with E-state index in [1.807, 2.05) is 31.2 Å². The number of carbonyl (C=O) groups excluding carboxylic acids is 3. The lowest BCUT2D eigenvalue weighted by Gasteiger charge is -2.12. The minimum Gasteiger partial charge on any atom is -0.444 e. The number of urea groups is 1. The van der Waals surface area contributed by atoms with Crippen molar-refractivity contribution in [3.63, 3.8) is 0 Å². The Kier molecular flexibility index (Phi) is 3.99. The van der Waals surface area contributed by atoms with Gasteiger partial charge in [0.25, 0.3) is 0 Å². The van der Waals surface area contributed by atoms with Gasteiger partial charge in [-0.2, -0.15) is 0 Å². The molecule has 2 aromatic rings. The van der Waals surface area contributed by atoms with E-state index in [1.165, 1.54) is 12.3 Å². The second-order valence-corrected chi connectivity index (χ2v) is 5.39. The zero-order valence-electron chi connectivity index (χ0n) is 13.1. The first kappa shape index (κ1) is 15.7. The molecule has 0 spiro atoms. The fourth-order valence-electron chi connectivity index (χ4n) is 2.35. The van der Waals surface area contributed by atoms with E-state index in [9.17, 15) is 14.4 Å². The third-order valence-corrected chi connectivity index (χ3v) is 3.62. The van der Waals surface area contributed by atoms with E-state index >= 15 is 0 Å². The van der Waals surface area contributed by atoms with Crippen LogP contribution in [0.25, 0.3) is 11.5 Å². The predicted octanol–water partition coefficient (Wildman–Crippen LogP) is 2.13. The summed E-state index contributed by atoms with van der Waals surface area (Å²) < 4.78 is 5.40. The fourth-order valence-corrected chi connectivity index (χ4v) is 2.35. The Morgan fingerprint density at radius 2 is 1.79 bits per heavy atom. The molecule has 0 aliphatic carbocycles. The van der Waals surface area contributed by atoms with Crippen molar-refractivity contribution in [1.82, 2.24) is 14.8 Å². The molecule has 7 nitrogen and oxygen atoms in total. The van der Waals surface area contributed by atoms with E-state index in [0.717, 1.165) is 20.9 Å². The first-order valence-electron chi connectivity index (χ1n) is 7.31. The van der Waals surface area contributed by atoms with Gasteiger partial charge in [0.1, 0.15) is 6.26 Å². The number of aryl methyl sites for hydroxylation is 1. The molecule has 1 aromatic heterocycles. The van der Waals surface area contributed by atoms with Crippen LogP contribution in [-0.2, 0) is 16.1 Å². The van der Waals surface area contributed by atoms with Crippen LogP contribution in [0.3, 0.4) is 0 Å². The topological polar surface area (TPSA) is 83.7 Å². The third-order valence-electron chi connectivity index (χ3n) is 3.62. The van der Waals surface area contributed by atoms with Gasteiger partial charge in [-0.15, -0.1) is 6.58 Å². The summed E-state index contributed by atoms with van der Waals surface area (Å²) in [6.07, 6.45) is 2.76. The van der Waals surface area contributed by atoms with Crippen molar-refractivity contribution >= 4 is 17.8 Å². The van der Waals surface area contributed by atoms with Gasteiger partial charge in [-0.25, -0.2) is 14.7 Å². The minimum absolute atomic E-state index is 0.00661. The first-order valence-corrected chi connectivity index (χ1v) is 7.31. The Labute approximate surface area is 138 Å². The molecule has 24 heavy (non-hydrogen) atoms. The van der Waals surface area contributed by atoms with Gasteiger partial charge in [0, 0.05) is 12.1 Å². The lowest BCUT2D eigenvalue weighted by Crippen LogP contribution is -2.33. The third kappa shape index (κ3) is 2.71. The predicted molar refractivity (Wildman–Crippen MR) is 84.5 cm³/mol. The molecule has 3 rings (SSSR count). The van der Waals surface area contributed by atoms with Gasteiger partial charge in [0.05, 0.1) is 12.2 Å². The number of carbonyl (C=O) groups is 3. The summed E-state index contributed by atoms with van der Waals surface area (Å²) >= 11 is 0. The number of hydrogen-bond donors (Lipinski definition) is 0. The SMILES string of the molecule is C=CCN1C(=O)C(=O)N(Cc2coc(-c3ccc(C)cc3)n2)C1=O. The highest BCUT2D eigenvalue weighted by molar-refractivity contribution is 6.44. The number of oxazole rings is 1. The number of nitrogens with zero attached hydrogens (tertiary/aromatic N) is 3. The van der Waals surface area contributed by atoms with Gasteiger partial charge in [0.15, 0.2) is 0 Å². The molecule has 0 bridgehead atoms. The van der Waals surface area contributed by atoms with Gasteiger partial charge in [-0.3, -0.25) is 14.5 Å². The lowest BCUT2D eigenvalue weighted by molar-refractivity contribution is -0.143. The van der Waals surface area contributed by atoms with Crippen molar-refractivity contribution in [2.24, 2.45) is 0 Å². The largest absolute Gasteiger partial charge is 0.444 e. The monoisotopic (exact) mass is 325 g/mol. The Morgan fingerprint density at radius 3 is 2.46 bits per heavy atom. The zero-order chi connectivity index (χ0) is 17.3. The molecule has 0 N–H and O–H groups in total. The van der Waals surface area contributed by atoms with E-state index in [-0.39, 0.29) is 13.1 Å². The normalized spacial score (nSPS) is 14.6. The van der Waals surface area contributed by atoms with Crippen molar-refractivity contribution in [3.05, 3.63) is 54.4 Å². The highest BCUT2D eigenvalue weighted by Crippen LogP contribution is 2.21. The molecule has 1 aromatic carbocycles. The van der Waals surface area contributed by atoms with Crippen LogP contribution in [0, 0.1) is 6.92 Å². The number of amides is 4. The number of imide groups is 2. The molecule has 0 saturated carbocycles. The molecular weight excluding hydrogens is 310 g/mol. The van der Waals surface area contributed by atoms with E-state index in [4.69, 9.17) is 4.42 Å². The summed E-state index contributed by atoms with van der Waals surface area (Å²) in [5, 5.41) is 0. The molecule has 1 aliphatic rings. The van der Waals surface area contributed by atoms with E-state index in [0.29, 0.717) is 11.6 Å². The molecule has 2 heterocycles. The highest BCUT2D eigenvalue weighted by atomic mass is 16.3. The summed E-state index contributed by atoms with van der Waals surface area (Å²) in [4.78, 5) is 41.8. The van der Waals surface area contributed by atoms with Crippen LogP contribution in [0.2, 0.25) is 0 Å². The molecule has 0 atom stereocenters. The summed E-state index contributed by atoms with van der Waals surface area (Å²) in [7, 11) is 0. The highest BCUT2D eigenvalue weighted by Gasteiger charge is 2.44. The van der Waals surface area contributed by atoms with Crippen molar-refractivity contribution in [2.45, 2.75) is 13.5 Å². The summed E-state index contributed by atoms with van der Waals surface area (Å²) in [6, 6.07) is 6.92. The second-order valence-electron chi connectivity index (χ2n) is 5.39. The number of hydrogen-bond acceptors (Lipinski definition) is 5. The first-order chi connectivity index (χ1) is 11.5. The average molecular weight is 325 g/mol. The second kappa shape index (κ2) is 6.11. The maximum atomic E-state index is 12.1. The van der Waals surface area contributed by atoms with Gasteiger partial charge in [0.2, 0.25) is 5.89 Å². The van der Waals surface area contributed by atoms with E-state index in [1.54, 1.807) is 0 Å². The van der Waals surface area contributed by atoms with Crippen LogP contribution in [0.15, 0.2) is 47.6 Å². The van der Waals surface area contributed by atoms with Crippen LogP contribution < -0.4 is 0 Å².